The Morgan fingerprint density at radius 1 is 1.71 bits per heavy atom. The van der Waals surface area contributed by atoms with Crippen LogP contribution in [0.2, 0.25) is 0 Å². The quantitative estimate of drug-likeness (QED) is 0.268. The minimum Gasteiger partial charge on any atom is -0.451 e. The Hall–Kier alpha value is -1.56. The van der Waals surface area contributed by atoms with Gasteiger partial charge in [0.25, 0.3) is 0 Å². The number of aliphatic imine (C=N–C) groups is 1. The Bertz CT molecular complexity index is 304. The maximum absolute atomic E-state index is 5.30. The number of nitrogens with one attached hydrogen (secondary N) is 2. The Balaban J connectivity index is 1.86. The van der Waals surface area contributed by atoms with E-state index >= 15 is 0 Å². The van der Waals surface area contributed by atoms with Crippen LogP contribution in [-0.4, -0.2) is 17.0 Å². The van der Waals surface area contributed by atoms with Crippen molar-refractivity contribution in [2.24, 2.45) is 10.8 Å². The molecule has 0 aromatic carbocycles. The average Bonchev–Trinajstić information content (AvgIpc) is 2.86. The van der Waals surface area contributed by atoms with E-state index in [0.717, 1.165) is 5.69 Å². The highest BCUT2D eigenvalue weighted by molar-refractivity contribution is 5.79. The highest BCUT2D eigenvalue weighted by Crippen LogP contribution is 2.18. The van der Waals surface area contributed by atoms with Crippen LogP contribution in [0.25, 0.3) is 0 Å². The van der Waals surface area contributed by atoms with Gasteiger partial charge in [0.1, 0.15) is 12.0 Å². The molecule has 1 fully saturated rings. The normalized spacial score (nSPS) is 16.8. The summed E-state index contributed by atoms with van der Waals surface area (Å²) in [5, 5.41) is 3.16. The highest BCUT2D eigenvalue weighted by atomic mass is 16.3. The maximum atomic E-state index is 5.30. The van der Waals surface area contributed by atoms with E-state index in [9.17, 15) is 0 Å². The van der Waals surface area contributed by atoms with E-state index in [0.29, 0.717) is 18.5 Å². The Kier molecular flexibility index (Phi) is 2.64. The lowest BCUT2D eigenvalue weighted by Gasteiger charge is -2.06. The molecule has 2 rings (SSSR count). The number of nitrogens with zero attached hydrogens (tertiary/aromatic N) is 2. The number of hydrogen-bond acceptors (Lipinski definition) is 4. The zero-order valence-electron chi connectivity index (χ0n) is 7.73. The molecule has 1 aromatic rings. The number of rotatable bonds is 3. The summed E-state index contributed by atoms with van der Waals surface area (Å²) < 4.78 is 4.82. The van der Waals surface area contributed by atoms with Gasteiger partial charge < -0.3 is 9.73 Å². The van der Waals surface area contributed by atoms with E-state index in [2.05, 4.69) is 20.7 Å². The molecule has 0 spiro atoms. The molecule has 1 aromatic heterocycles. The lowest BCUT2D eigenvalue weighted by Crippen LogP contribution is -2.42. The fourth-order valence-corrected chi connectivity index (χ4v) is 1.03. The summed E-state index contributed by atoms with van der Waals surface area (Å²) in [5.74, 6) is 5.91. The molecule has 0 saturated heterocycles. The molecule has 0 atom stereocenters. The van der Waals surface area contributed by atoms with Crippen molar-refractivity contribution in [3.05, 3.63) is 18.4 Å². The molecule has 1 aliphatic rings. The fourth-order valence-electron chi connectivity index (χ4n) is 1.03. The molecule has 0 aliphatic heterocycles. The van der Waals surface area contributed by atoms with Gasteiger partial charge in [-0.2, -0.15) is 0 Å². The van der Waals surface area contributed by atoms with Crippen LogP contribution in [0.4, 0.5) is 0 Å². The van der Waals surface area contributed by atoms with Crippen molar-refractivity contribution in [2.75, 3.05) is 0 Å². The van der Waals surface area contributed by atoms with Gasteiger partial charge in [0.15, 0.2) is 6.39 Å². The number of hydrogen-bond donors (Lipinski definition) is 3. The fraction of sp³-hybridized carbons (Fsp3) is 0.500. The zero-order valence-corrected chi connectivity index (χ0v) is 7.73. The first-order valence-electron chi connectivity index (χ1n) is 4.53. The van der Waals surface area contributed by atoms with E-state index < -0.39 is 0 Å². The molecule has 14 heavy (non-hydrogen) atoms. The average molecular weight is 195 g/mol. The van der Waals surface area contributed by atoms with Crippen LogP contribution in [0.1, 0.15) is 18.5 Å². The summed E-state index contributed by atoms with van der Waals surface area (Å²) in [6.07, 6.45) is 5.32. The Labute approximate surface area is 81.6 Å². The lowest BCUT2D eigenvalue weighted by atomic mass is 10.5. The van der Waals surface area contributed by atoms with Crippen LogP contribution < -0.4 is 16.6 Å². The summed E-state index contributed by atoms with van der Waals surface area (Å²) in [4.78, 5) is 8.16. The summed E-state index contributed by atoms with van der Waals surface area (Å²) in [5.41, 5.74) is 3.30. The van der Waals surface area contributed by atoms with Gasteiger partial charge in [-0.1, -0.05) is 0 Å². The molecule has 4 N–H and O–H groups in total. The van der Waals surface area contributed by atoms with Crippen molar-refractivity contribution >= 4 is 5.96 Å². The first-order valence-corrected chi connectivity index (χ1v) is 4.53. The molecule has 6 heteroatoms. The minimum absolute atomic E-state index is 0.468. The number of oxazole rings is 1. The van der Waals surface area contributed by atoms with Crippen molar-refractivity contribution in [1.29, 1.82) is 0 Å². The van der Waals surface area contributed by atoms with Gasteiger partial charge >= 0.3 is 0 Å². The van der Waals surface area contributed by atoms with Crippen molar-refractivity contribution in [1.82, 2.24) is 15.7 Å². The van der Waals surface area contributed by atoms with E-state index in [4.69, 9.17) is 10.3 Å². The molecule has 0 amide bonds. The van der Waals surface area contributed by atoms with Crippen LogP contribution >= 0.6 is 0 Å². The molecule has 76 valence electrons. The second-order valence-corrected chi connectivity index (χ2v) is 3.21. The smallest absolute Gasteiger partial charge is 0.206 e. The summed E-state index contributed by atoms with van der Waals surface area (Å²) >= 11 is 0. The molecule has 6 nitrogen and oxygen atoms in total. The third kappa shape index (κ3) is 2.46. The Morgan fingerprint density at radius 3 is 3.14 bits per heavy atom. The molecule has 1 saturated carbocycles. The Morgan fingerprint density at radius 2 is 2.57 bits per heavy atom. The summed E-state index contributed by atoms with van der Waals surface area (Å²) in [6, 6.07) is 0.530. The van der Waals surface area contributed by atoms with Crippen LogP contribution in [0.3, 0.4) is 0 Å². The monoisotopic (exact) mass is 195 g/mol. The molecule has 1 heterocycles. The SMILES string of the molecule is NNC(=NCc1cocn1)NC1CC1. The van der Waals surface area contributed by atoms with Crippen molar-refractivity contribution < 1.29 is 4.42 Å². The second kappa shape index (κ2) is 4.10. The van der Waals surface area contributed by atoms with Gasteiger partial charge in [-0.15, -0.1) is 0 Å². The standard InChI is InChI=1S/C8H13N5O/c9-13-8(12-6-1-2-6)10-3-7-4-14-5-11-7/h4-6H,1-3,9H2,(H2,10,12,13). The molecule has 0 bridgehead atoms. The summed E-state index contributed by atoms with van der Waals surface area (Å²) in [6.45, 7) is 0.468. The van der Waals surface area contributed by atoms with Crippen molar-refractivity contribution in [3.8, 4) is 0 Å². The van der Waals surface area contributed by atoms with E-state index in [1.807, 2.05) is 0 Å². The first kappa shape index (κ1) is 9.01. The largest absolute Gasteiger partial charge is 0.451 e. The molecule has 1 aliphatic carbocycles. The van der Waals surface area contributed by atoms with Gasteiger partial charge in [0.2, 0.25) is 5.96 Å². The van der Waals surface area contributed by atoms with Crippen LogP contribution in [0.5, 0.6) is 0 Å². The highest BCUT2D eigenvalue weighted by Gasteiger charge is 2.21. The van der Waals surface area contributed by atoms with Crippen molar-refractivity contribution in [2.45, 2.75) is 25.4 Å². The second-order valence-electron chi connectivity index (χ2n) is 3.21. The number of nitrogens with two attached hydrogens (primary N) is 1. The molecule has 0 radical (unpaired) electrons. The molecular weight excluding hydrogens is 182 g/mol. The van der Waals surface area contributed by atoms with Gasteiger partial charge in [0, 0.05) is 6.04 Å². The van der Waals surface area contributed by atoms with Crippen LogP contribution in [0.15, 0.2) is 22.1 Å². The number of guanidine groups is 1. The first-order chi connectivity index (χ1) is 6.88. The van der Waals surface area contributed by atoms with Crippen LogP contribution in [-0.2, 0) is 6.54 Å². The lowest BCUT2D eigenvalue weighted by molar-refractivity contribution is 0.556. The zero-order chi connectivity index (χ0) is 9.80. The molecular formula is C8H13N5O. The predicted molar refractivity (Wildman–Crippen MR) is 51.1 cm³/mol. The minimum atomic E-state index is 0.468. The summed E-state index contributed by atoms with van der Waals surface area (Å²) in [7, 11) is 0. The van der Waals surface area contributed by atoms with Gasteiger partial charge in [0.05, 0.1) is 6.54 Å². The van der Waals surface area contributed by atoms with Gasteiger partial charge in [-0.05, 0) is 12.8 Å². The van der Waals surface area contributed by atoms with E-state index in [1.54, 1.807) is 6.26 Å². The number of hydrazine groups is 1. The van der Waals surface area contributed by atoms with Gasteiger partial charge in [-0.3, -0.25) is 5.43 Å². The van der Waals surface area contributed by atoms with E-state index in [1.165, 1.54) is 19.2 Å². The third-order valence-electron chi connectivity index (χ3n) is 1.94. The molecule has 0 unspecified atom stereocenters. The number of aromatic nitrogens is 1. The van der Waals surface area contributed by atoms with Crippen molar-refractivity contribution in [3.63, 3.8) is 0 Å². The third-order valence-corrected chi connectivity index (χ3v) is 1.94. The topological polar surface area (TPSA) is 88.5 Å². The predicted octanol–water partition coefficient (Wildman–Crippen LogP) is -0.254. The maximum Gasteiger partial charge on any atom is 0.206 e. The van der Waals surface area contributed by atoms with Crippen LogP contribution in [0, 0.1) is 0 Å². The van der Waals surface area contributed by atoms with Gasteiger partial charge in [-0.25, -0.2) is 15.8 Å². The van der Waals surface area contributed by atoms with E-state index in [-0.39, 0.29) is 0 Å².